The van der Waals surface area contributed by atoms with Crippen molar-refractivity contribution in [2.45, 2.75) is 17.5 Å². The molecule has 1 aliphatic heterocycles. The molecule has 5 nitrogen and oxygen atoms in total. The van der Waals surface area contributed by atoms with Gasteiger partial charge in [0.25, 0.3) is 5.91 Å². The summed E-state index contributed by atoms with van der Waals surface area (Å²) >= 11 is 5.64. The summed E-state index contributed by atoms with van der Waals surface area (Å²) < 4.78 is 66.6. The van der Waals surface area contributed by atoms with E-state index in [1.165, 1.54) is 12.1 Å². The van der Waals surface area contributed by atoms with Crippen LogP contribution in [0, 0.1) is 11.6 Å². The van der Waals surface area contributed by atoms with Crippen LogP contribution in [0.15, 0.2) is 41.3 Å². The minimum absolute atomic E-state index is 0.0341. The number of alkyl halides is 1. The molecule has 1 saturated heterocycles. The Balaban J connectivity index is 1.88. The van der Waals surface area contributed by atoms with E-state index in [1.54, 1.807) is 0 Å². The summed E-state index contributed by atoms with van der Waals surface area (Å²) in [7, 11) is -4.28. The van der Waals surface area contributed by atoms with E-state index in [1.807, 2.05) is 0 Å². The highest BCUT2D eigenvalue weighted by Crippen LogP contribution is 2.26. The molecule has 0 bridgehead atoms. The number of sulfonamides is 1. The fourth-order valence-electron chi connectivity index (χ4n) is 2.66. The van der Waals surface area contributed by atoms with Crippen LogP contribution in [0.2, 0.25) is 5.02 Å². The average Bonchev–Trinajstić information content (AvgIpc) is 3.05. The number of nitrogens with zero attached hydrogens (tertiary/aromatic N) is 1. The van der Waals surface area contributed by atoms with Gasteiger partial charge in [-0.25, -0.2) is 21.6 Å². The number of halogens is 4. The summed E-state index contributed by atoms with van der Waals surface area (Å²) in [6.45, 7) is -0.417. The summed E-state index contributed by atoms with van der Waals surface area (Å²) in [5, 5.41) is 2.22. The molecule has 0 spiro atoms. The fraction of sp³-hybridized carbons (Fsp3) is 0.235. The first-order valence-corrected chi connectivity index (χ1v) is 9.70. The van der Waals surface area contributed by atoms with Crippen LogP contribution < -0.4 is 5.32 Å². The van der Waals surface area contributed by atoms with Gasteiger partial charge in [0.2, 0.25) is 10.0 Å². The Hall–Kier alpha value is -2.10. The standard InChI is InChI=1S/C17H14ClF3N2O3S/c18-13-8-12(2-4-14(13)20)22-17(24)10-1-3-15(21)16(7-10)27(25,26)23-6-5-11(19)9-23/h1-4,7-8,11H,5-6,9H2,(H,22,24). The lowest BCUT2D eigenvalue weighted by Gasteiger charge is -2.16. The number of rotatable bonds is 4. The number of benzene rings is 2. The van der Waals surface area contributed by atoms with Crippen LogP contribution in [0.1, 0.15) is 16.8 Å². The zero-order valence-electron chi connectivity index (χ0n) is 13.8. The molecular formula is C17H14ClF3N2O3S. The second-order valence-electron chi connectivity index (χ2n) is 5.98. The highest BCUT2D eigenvalue weighted by molar-refractivity contribution is 7.89. The van der Waals surface area contributed by atoms with Crippen LogP contribution in [0.25, 0.3) is 0 Å². The highest BCUT2D eigenvalue weighted by atomic mass is 35.5. The van der Waals surface area contributed by atoms with Crippen LogP contribution in [0.5, 0.6) is 0 Å². The maximum Gasteiger partial charge on any atom is 0.255 e. The number of hydrogen-bond donors (Lipinski definition) is 1. The minimum atomic E-state index is -4.28. The summed E-state index contributed by atoms with van der Waals surface area (Å²) in [5.41, 5.74) is 0.0476. The molecular weight excluding hydrogens is 405 g/mol. The largest absolute Gasteiger partial charge is 0.322 e. The molecule has 0 aliphatic carbocycles. The van der Waals surface area contributed by atoms with Crippen LogP contribution in [-0.4, -0.2) is 37.9 Å². The average molecular weight is 419 g/mol. The molecule has 0 saturated carbocycles. The third-order valence-electron chi connectivity index (χ3n) is 4.08. The van der Waals surface area contributed by atoms with Gasteiger partial charge in [0.15, 0.2) is 0 Å². The summed E-state index contributed by atoms with van der Waals surface area (Å²) in [5.74, 6) is -2.45. The topological polar surface area (TPSA) is 66.5 Å². The molecule has 1 N–H and O–H groups in total. The van der Waals surface area contributed by atoms with E-state index in [-0.39, 0.29) is 35.8 Å². The minimum Gasteiger partial charge on any atom is -0.322 e. The Labute approximate surface area is 158 Å². The number of hydrogen-bond acceptors (Lipinski definition) is 3. The first-order chi connectivity index (χ1) is 12.7. The van der Waals surface area contributed by atoms with Gasteiger partial charge in [-0.1, -0.05) is 11.6 Å². The van der Waals surface area contributed by atoms with E-state index in [4.69, 9.17) is 11.6 Å². The molecule has 1 unspecified atom stereocenters. The number of anilines is 1. The van der Waals surface area contributed by atoms with Crippen molar-refractivity contribution in [3.05, 3.63) is 58.6 Å². The van der Waals surface area contributed by atoms with Gasteiger partial charge in [-0.3, -0.25) is 4.79 Å². The molecule has 10 heteroatoms. The Morgan fingerprint density at radius 1 is 1.15 bits per heavy atom. The molecule has 1 fully saturated rings. The third kappa shape index (κ3) is 4.10. The van der Waals surface area contributed by atoms with Crippen LogP contribution in [-0.2, 0) is 10.0 Å². The van der Waals surface area contributed by atoms with Crippen molar-refractivity contribution in [2.24, 2.45) is 0 Å². The lowest BCUT2D eigenvalue weighted by Crippen LogP contribution is -2.30. The van der Waals surface area contributed by atoms with Crippen molar-refractivity contribution in [3.63, 3.8) is 0 Å². The zero-order valence-corrected chi connectivity index (χ0v) is 15.3. The smallest absolute Gasteiger partial charge is 0.255 e. The van der Waals surface area contributed by atoms with Gasteiger partial charge >= 0.3 is 0 Å². The van der Waals surface area contributed by atoms with Gasteiger partial charge in [-0.15, -0.1) is 0 Å². The van der Waals surface area contributed by atoms with Gasteiger partial charge in [-0.2, -0.15) is 4.31 Å². The maximum absolute atomic E-state index is 14.1. The van der Waals surface area contributed by atoms with Crippen molar-refractivity contribution in [2.75, 3.05) is 18.4 Å². The van der Waals surface area contributed by atoms with Gasteiger partial charge in [0.1, 0.15) is 22.7 Å². The molecule has 27 heavy (non-hydrogen) atoms. The molecule has 2 aromatic rings. The molecule has 1 heterocycles. The Morgan fingerprint density at radius 3 is 2.48 bits per heavy atom. The van der Waals surface area contributed by atoms with E-state index < -0.39 is 38.6 Å². The Kier molecular flexibility index (Phi) is 5.45. The molecule has 1 amide bonds. The van der Waals surface area contributed by atoms with Crippen molar-refractivity contribution in [3.8, 4) is 0 Å². The monoisotopic (exact) mass is 418 g/mol. The number of carbonyl (C=O) groups is 1. The van der Waals surface area contributed by atoms with Gasteiger partial charge in [0, 0.05) is 24.3 Å². The summed E-state index contributed by atoms with van der Waals surface area (Å²) in [6.07, 6.45) is -1.27. The van der Waals surface area contributed by atoms with E-state index in [0.717, 1.165) is 28.6 Å². The zero-order chi connectivity index (χ0) is 19.8. The lowest BCUT2D eigenvalue weighted by molar-refractivity contribution is 0.102. The third-order valence-corrected chi connectivity index (χ3v) is 6.25. The predicted octanol–water partition coefficient (Wildman–Crippen LogP) is 3.60. The van der Waals surface area contributed by atoms with Gasteiger partial charge < -0.3 is 5.32 Å². The van der Waals surface area contributed by atoms with Crippen LogP contribution >= 0.6 is 11.6 Å². The lowest BCUT2D eigenvalue weighted by atomic mass is 10.2. The predicted molar refractivity (Wildman–Crippen MR) is 94.0 cm³/mol. The van der Waals surface area contributed by atoms with Gasteiger partial charge in [-0.05, 0) is 42.8 Å². The molecule has 144 valence electrons. The quantitative estimate of drug-likeness (QED) is 0.825. The fourth-order valence-corrected chi connectivity index (χ4v) is 4.42. The van der Waals surface area contributed by atoms with Crippen molar-refractivity contribution in [1.29, 1.82) is 0 Å². The van der Waals surface area contributed by atoms with E-state index >= 15 is 0 Å². The van der Waals surface area contributed by atoms with Crippen molar-refractivity contribution >= 4 is 33.2 Å². The molecule has 1 aliphatic rings. The molecule has 0 radical (unpaired) electrons. The second-order valence-corrected chi connectivity index (χ2v) is 8.29. The van der Waals surface area contributed by atoms with Crippen molar-refractivity contribution in [1.82, 2.24) is 4.31 Å². The summed E-state index contributed by atoms with van der Waals surface area (Å²) in [6, 6.07) is 6.35. The molecule has 1 atom stereocenters. The molecule has 0 aromatic heterocycles. The number of nitrogens with one attached hydrogen (secondary N) is 1. The van der Waals surface area contributed by atoms with E-state index in [9.17, 15) is 26.4 Å². The van der Waals surface area contributed by atoms with E-state index in [0.29, 0.717) is 0 Å². The first kappa shape index (κ1) is 19.7. The number of carbonyl (C=O) groups excluding carboxylic acids is 1. The molecule has 2 aromatic carbocycles. The molecule has 3 rings (SSSR count). The van der Waals surface area contributed by atoms with Crippen molar-refractivity contribution < 1.29 is 26.4 Å². The van der Waals surface area contributed by atoms with Crippen LogP contribution in [0.3, 0.4) is 0 Å². The Morgan fingerprint density at radius 2 is 1.85 bits per heavy atom. The van der Waals surface area contributed by atoms with Crippen LogP contribution in [0.4, 0.5) is 18.9 Å². The first-order valence-electron chi connectivity index (χ1n) is 7.88. The normalized spacial score (nSPS) is 17.9. The Bertz CT molecular complexity index is 1000. The van der Waals surface area contributed by atoms with Gasteiger partial charge in [0.05, 0.1) is 5.02 Å². The highest BCUT2D eigenvalue weighted by Gasteiger charge is 2.34. The second kappa shape index (κ2) is 7.49. The summed E-state index contributed by atoms with van der Waals surface area (Å²) in [4.78, 5) is 11.6. The number of amides is 1. The van der Waals surface area contributed by atoms with E-state index in [2.05, 4.69) is 5.32 Å². The SMILES string of the molecule is O=C(Nc1ccc(F)c(Cl)c1)c1ccc(F)c(S(=O)(=O)N2CCC(F)C2)c1. The maximum atomic E-state index is 14.1.